The van der Waals surface area contributed by atoms with Gasteiger partial charge >= 0.3 is 0 Å². The maximum absolute atomic E-state index is 14.0. The summed E-state index contributed by atoms with van der Waals surface area (Å²) in [5.74, 6) is -0.735. The van der Waals surface area contributed by atoms with Crippen molar-refractivity contribution >= 4 is 26.0 Å². The number of nitrogens with one attached hydrogen (secondary N) is 1. The van der Waals surface area contributed by atoms with E-state index in [0.717, 1.165) is 18.5 Å². The van der Waals surface area contributed by atoms with Crippen molar-refractivity contribution in [1.82, 2.24) is 9.29 Å². The molecule has 2 aromatic rings. The summed E-state index contributed by atoms with van der Waals surface area (Å²) >= 11 is 3.14. The second-order valence-electron chi connectivity index (χ2n) is 4.97. The first-order valence-electron chi connectivity index (χ1n) is 6.60. The minimum absolute atomic E-state index is 0.256. The Hall–Kier alpha value is -1.18. The maximum atomic E-state index is 14.0. The average Bonchev–Trinajstić information content (AvgIpc) is 3.09. The highest BCUT2D eigenvalue weighted by Crippen LogP contribution is 2.36. The molecule has 1 aliphatic rings. The van der Waals surface area contributed by atoms with Crippen molar-refractivity contribution in [3.8, 4) is 0 Å². The molecule has 21 heavy (non-hydrogen) atoms. The molecule has 3 rings (SSSR count). The number of aromatic nitrogens is 1. The molecule has 1 N–H and O–H groups in total. The van der Waals surface area contributed by atoms with Crippen molar-refractivity contribution < 1.29 is 12.8 Å². The smallest absolute Gasteiger partial charge is 0.246 e. The van der Waals surface area contributed by atoms with E-state index in [0.29, 0.717) is 11.0 Å². The van der Waals surface area contributed by atoms with Crippen LogP contribution in [0.25, 0.3) is 0 Å². The summed E-state index contributed by atoms with van der Waals surface area (Å²) in [5, 5.41) is 0. The number of H-pyrrole nitrogens is 1. The van der Waals surface area contributed by atoms with E-state index in [1.807, 2.05) is 12.1 Å². The SMILES string of the molecule is O=S(=O)(c1ccc(Br)cc1F)N1CCCC1c1ccc[nH]1. The first-order chi connectivity index (χ1) is 10.00. The molecule has 0 aliphatic carbocycles. The molecule has 0 spiro atoms. The van der Waals surface area contributed by atoms with E-state index in [-0.39, 0.29) is 10.9 Å². The summed E-state index contributed by atoms with van der Waals surface area (Å²) in [6, 6.07) is 7.45. The topological polar surface area (TPSA) is 53.2 Å². The van der Waals surface area contributed by atoms with Crippen LogP contribution < -0.4 is 0 Å². The molecule has 0 saturated carbocycles. The Labute approximate surface area is 131 Å². The van der Waals surface area contributed by atoms with Gasteiger partial charge in [-0.15, -0.1) is 0 Å². The van der Waals surface area contributed by atoms with Gasteiger partial charge < -0.3 is 4.98 Å². The van der Waals surface area contributed by atoms with E-state index in [1.165, 1.54) is 22.5 Å². The summed E-state index contributed by atoms with van der Waals surface area (Å²) < 4.78 is 41.4. The highest BCUT2D eigenvalue weighted by molar-refractivity contribution is 9.10. The summed E-state index contributed by atoms with van der Waals surface area (Å²) in [6.45, 7) is 0.404. The maximum Gasteiger partial charge on any atom is 0.246 e. The summed E-state index contributed by atoms with van der Waals surface area (Å²) in [5.41, 5.74) is 0.841. The number of rotatable bonds is 3. The van der Waals surface area contributed by atoms with E-state index in [1.54, 1.807) is 6.20 Å². The van der Waals surface area contributed by atoms with E-state index < -0.39 is 15.8 Å². The molecule has 7 heteroatoms. The van der Waals surface area contributed by atoms with E-state index in [2.05, 4.69) is 20.9 Å². The van der Waals surface area contributed by atoms with Gasteiger partial charge in [0.05, 0.1) is 6.04 Å². The van der Waals surface area contributed by atoms with E-state index >= 15 is 0 Å². The molecule has 1 aromatic carbocycles. The lowest BCUT2D eigenvalue weighted by molar-refractivity contribution is 0.388. The Morgan fingerprint density at radius 1 is 1.33 bits per heavy atom. The molecule has 1 aromatic heterocycles. The lowest BCUT2D eigenvalue weighted by atomic mass is 10.2. The van der Waals surface area contributed by atoms with Gasteiger partial charge in [-0.1, -0.05) is 15.9 Å². The van der Waals surface area contributed by atoms with Crippen LogP contribution in [0.4, 0.5) is 4.39 Å². The van der Waals surface area contributed by atoms with Crippen molar-refractivity contribution in [3.63, 3.8) is 0 Å². The normalized spacial score (nSPS) is 20.0. The molecular weight excluding hydrogens is 359 g/mol. The quantitative estimate of drug-likeness (QED) is 0.896. The summed E-state index contributed by atoms with van der Waals surface area (Å²) in [4.78, 5) is 2.78. The van der Waals surface area contributed by atoms with Crippen LogP contribution in [0.2, 0.25) is 0 Å². The van der Waals surface area contributed by atoms with Crippen molar-refractivity contribution in [3.05, 3.63) is 52.5 Å². The zero-order valence-corrected chi connectivity index (χ0v) is 13.5. The number of benzene rings is 1. The first-order valence-corrected chi connectivity index (χ1v) is 8.83. The summed E-state index contributed by atoms with van der Waals surface area (Å²) in [6.07, 6.45) is 3.26. The lowest BCUT2D eigenvalue weighted by Gasteiger charge is -2.23. The molecular formula is C14H14BrFN2O2S. The largest absolute Gasteiger partial charge is 0.364 e. The Morgan fingerprint density at radius 2 is 2.14 bits per heavy atom. The predicted molar refractivity (Wildman–Crippen MR) is 80.8 cm³/mol. The molecule has 0 amide bonds. The van der Waals surface area contributed by atoms with Gasteiger partial charge in [0.25, 0.3) is 0 Å². The van der Waals surface area contributed by atoms with Crippen LogP contribution in [0, 0.1) is 5.82 Å². The minimum atomic E-state index is -3.84. The Morgan fingerprint density at radius 3 is 2.81 bits per heavy atom. The molecule has 0 bridgehead atoms. The molecule has 112 valence electrons. The van der Waals surface area contributed by atoms with Gasteiger partial charge in [0.15, 0.2) is 0 Å². The number of nitrogens with zero attached hydrogens (tertiary/aromatic N) is 1. The molecule has 2 heterocycles. The standard InChI is InChI=1S/C14H14BrFN2O2S/c15-10-5-6-14(11(16)9-10)21(19,20)18-8-2-4-13(18)12-3-1-7-17-12/h1,3,5-7,9,13,17H,2,4,8H2. The zero-order valence-electron chi connectivity index (χ0n) is 11.1. The second-order valence-corrected chi connectivity index (χ2v) is 7.75. The van der Waals surface area contributed by atoms with Crippen molar-refractivity contribution in [2.24, 2.45) is 0 Å². The van der Waals surface area contributed by atoms with Crippen LogP contribution in [-0.4, -0.2) is 24.3 Å². The van der Waals surface area contributed by atoms with Gasteiger partial charge in [0, 0.05) is 22.9 Å². The van der Waals surface area contributed by atoms with Crippen molar-refractivity contribution in [1.29, 1.82) is 0 Å². The predicted octanol–water partition coefficient (Wildman–Crippen LogP) is 3.44. The fourth-order valence-corrected chi connectivity index (χ4v) is 4.76. The third kappa shape index (κ3) is 2.65. The van der Waals surface area contributed by atoms with Crippen LogP contribution >= 0.6 is 15.9 Å². The fourth-order valence-electron chi connectivity index (χ4n) is 2.70. The molecule has 1 unspecified atom stereocenters. The number of hydrogen-bond acceptors (Lipinski definition) is 2. The minimum Gasteiger partial charge on any atom is -0.364 e. The van der Waals surface area contributed by atoms with E-state index in [9.17, 15) is 12.8 Å². The van der Waals surface area contributed by atoms with E-state index in [4.69, 9.17) is 0 Å². The highest BCUT2D eigenvalue weighted by Gasteiger charge is 2.37. The molecule has 0 radical (unpaired) electrons. The Bertz CT molecular complexity index is 746. The zero-order chi connectivity index (χ0) is 15.0. The monoisotopic (exact) mass is 372 g/mol. The third-order valence-corrected chi connectivity index (χ3v) is 6.10. The van der Waals surface area contributed by atoms with Crippen LogP contribution in [0.5, 0.6) is 0 Å². The van der Waals surface area contributed by atoms with Crippen LogP contribution in [0.15, 0.2) is 45.9 Å². The van der Waals surface area contributed by atoms with Gasteiger partial charge in [0.2, 0.25) is 10.0 Å². The van der Waals surface area contributed by atoms with Crippen LogP contribution in [0.1, 0.15) is 24.6 Å². The number of aromatic amines is 1. The van der Waals surface area contributed by atoms with Gasteiger partial charge in [0.1, 0.15) is 10.7 Å². The van der Waals surface area contributed by atoms with Gasteiger partial charge in [-0.2, -0.15) is 4.31 Å². The number of sulfonamides is 1. The van der Waals surface area contributed by atoms with Crippen molar-refractivity contribution in [2.45, 2.75) is 23.8 Å². The molecule has 4 nitrogen and oxygen atoms in total. The Kier molecular flexibility index (Phi) is 3.90. The average molecular weight is 373 g/mol. The molecule has 1 atom stereocenters. The highest BCUT2D eigenvalue weighted by atomic mass is 79.9. The van der Waals surface area contributed by atoms with Gasteiger partial charge in [-0.3, -0.25) is 0 Å². The van der Waals surface area contributed by atoms with Gasteiger partial charge in [-0.05, 0) is 43.2 Å². The second kappa shape index (κ2) is 5.55. The molecule has 1 saturated heterocycles. The first kappa shape index (κ1) is 14.7. The Balaban J connectivity index is 2.01. The van der Waals surface area contributed by atoms with Crippen LogP contribution in [-0.2, 0) is 10.0 Å². The fraction of sp³-hybridized carbons (Fsp3) is 0.286. The van der Waals surface area contributed by atoms with Crippen LogP contribution in [0.3, 0.4) is 0 Å². The number of hydrogen-bond donors (Lipinski definition) is 1. The third-order valence-electron chi connectivity index (χ3n) is 3.67. The number of halogens is 2. The van der Waals surface area contributed by atoms with Crippen molar-refractivity contribution in [2.75, 3.05) is 6.54 Å². The lowest BCUT2D eigenvalue weighted by Crippen LogP contribution is -2.31. The van der Waals surface area contributed by atoms with Gasteiger partial charge in [-0.25, -0.2) is 12.8 Å². The molecule has 1 fully saturated rings. The molecule has 1 aliphatic heterocycles. The summed E-state index contributed by atoms with van der Waals surface area (Å²) in [7, 11) is -3.84.